The van der Waals surface area contributed by atoms with Gasteiger partial charge in [-0.05, 0) is 19.1 Å². The zero-order chi connectivity index (χ0) is 9.90. The van der Waals surface area contributed by atoms with E-state index in [1.54, 1.807) is 18.2 Å². The number of anilines is 1. The summed E-state index contributed by atoms with van der Waals surface area (Å²) >= 11 is -5.13. The van der Waals surface area contributed by atoms with Crippen LogP contribution in [0.2, 0.25) is 0 Å². The third kappa shape index (κ3) is 2.55. The van der Waals surface area contributed by atoms with E-state index in [1.807, 2.05) is 0 Å². The molecule has 5 heteroatoms. The summed E-state index contributed by atoms with van der Waals surface area (Å²) in [6, 6.07) is 7.82. The van der Waals surface area contributed by atoms with E-state index in [0.29, 0.717) is 4.31 Å². The predicted octanol–water partition coefficient (Wildman–Crippen LogP) is 3.89. The average molecular weight is 209 g/mol. The van der Waals surface area contributed by atoms with E-state index in [9.17, 15) is 11.7 Å². The first kappa shape index (κ1) is 10.2. The molecule has 1 nitrogen and oxygen atoms in total. The van der Waals surface area contributed by atoms with Gasteiger partial charge in [-0.1, -0.05) is 18.2 Å². The number of halogens is 3. The zero-order valence-corrected chi connectivity index (χ0v) is 7.90. The fourth-order valence-corrected chi connectivity index (χ4v) is 1.70. The molecular weight excluding hydrogens is 199 g/mol. The molecule has 0 aliphatic rings. The lowest BCUT2D eigenvalue weighted by Crippen LogP contribution is -2.19. The Morgan fingerprint density at radius 1 is 1.15 bits per heavy atom. The van der Waals surface area contributed by atoms with Crippen LogP contribution in [-0.4, -0.2) is 6.54 Å². The summed E-state index contributed by atoms with van der Waals surface area (Å²) in [5.74, 6) is 0. The molecule has 74 valence electrons. The molecule has 1 aromatic carbocycles. The molecule has 0 atom stereocenters. The Morgan fingerprint density at radius 3 is 2.08 bits per heavy atom. The monoisotopic (exact) mass is 209 g/mol. The van der Waals surface area contributed by atoms with E-state index in [-0.39, 0.29) is 12.2 Å². The maximum atomic E-state index is 12.4. The second kappa shape index (κ2) is 3.91. The Hall–Kier alpha value is -0.840. The first-order valence-corrected chi connectivity index (χ1v) is 5.09. The van der Waals surface area contributed by atoms with Gasteiger partial charge in [0.25, 0.3) is 0 Å². The van der Waals surface area contributed by atoms with Crippen molar-refractivity contribution in [2.24, 2.45) is 0 Å². The third-order valence-electron chi connectivity index (χ3n) is 1.58. The average Bonchev–Trinajstić information content (AvgIpc) is 2.05. The molecule has 0 saturated heterocycles. The Labute approximate surface area is 77.5 Å². The van der Waals surface area contributed by atoms with Crippen molar-refractivity contribution in [2.75, 3.05) is 10.8 Å². The van der Waals surface area contributed by atoms with Crippen molar-refractivity contribution in [3.05, 3.63) is 30.3 Å². The predicted molar refractivity (Wildman–Crippen MR) is 50.4 cm³/mol. The summed E-state index contributed by atoms with van der Waals surface area (Å²) in [6.45, 7) is 1.45. The van der Waals surface area contributed by atoms with Crippen molar-refractivity contribution in [2.45, 2.75) is 6.92 Å². The maximum Gasteiger partial charge on any atom is 0.302 e. The zero-order valence-electron chi connectivity index (χ0n) is 7.08. The van der Waals surface area contributed by atoms with Gasteiger partial charge in [-0.25, -0.2) is 0 Å². The van der Waals surface area contributed by atoms with Crippen LogP contribution in [0.5, 0.6) is 0 Å². The maximum absolute atomic E-state index is 12.4. The molecule has 0 heterocycles. The minimum atomic E-state index is -5.13. The lowest BCUT2D eigenvalue weighted by molar-refractivity contribution is 0.623. The largest absolute Gasteiger partial charge is 0.302 e. The molecule has 0 fully saturated rings. The van der Waals surface area contributed by atoms with E-state index in [1.165, 1.54) is 19.1 Å². The molecule has 0 bridgehead atoms. The first-order valence-electron chi connectivity index (χ1n) is 3.80. The molecule has 1 aromatic rings. The van der Waals surface area contributed by atoms with Gasteiger partial charge in [0, 0.05) is 6.54 Å². The molecule has 0 saturated carbocycles. The molecule has 0 aromatic heterocycles. The minimum absolute atomic E-state index is 0.0388. The number of nitrogens with zero attached hydrogens (tertiary/aromatic N) is 1. The minimum Gasteiger partial charge on any atom is -0.261 e. The highest BCUT2D eigenvalue weighted by Gasteiger charge is 2.29. The van der Waals surface area contributed by atoms with Crippen molar-refractivity contribution in [3.8, 4) is 0 Å². The van der Waals surface area contributed by atoms with Crippen molar-refractivity contribution in [3.63, 3.8) is 0 Å². The summed E-state index contributed by atoms with van der Waals surface area (Å²) < 4.78 is 37.7. The van der Waals surface area contributed by atoms with E-state index in [4.69, 9.17) is 0 Å². The van der Waals surface area contributed by atoms with Crippen LogP contribution in [0.1, 0.15) is 6.92 Å². The van der Waals surface area contributed by atoms with Gasteiger partial charge >= 0.3 is 11.4 Å². The summed E-state index contributed by atoms with van der Waals surface area (Å²) in [6.07, 6.45) is 0. The molecule has 1 rings (SSSR count). The quantitative estimate of drug-likeness (QED) is 0.730. The molecule has 0 radical (unpaired) electrons. The second-order valence-corrected chi connectivity index (χ2v) is 3.62. The Bertz CT molecular complexity index is 260. The molecule has 0 spiro atoms. The van der Waals surface area contributed by atoms with Crippen molar-refractivity contribution in [1.82, 2.24) is 0 Å². The summed E-state index contributed by atoms with van der Waals surface area (Å²) in [5.41, 5.74) is 0.215. The highest BCUT2D eigenvalue weighted by Crippen LogP contribution is 2.57. The third-order valence-corrected chi connectivity index (χ3v) is 2.55. The number of benzene rings is 1. The highest BCUT2D eigenvalue weighted by molar-refractivity contribution is 8.22. The molecule has 13 heavy (non-hydrogen) atoms. The number of para-hydroxylation sites is 1. The molecule has 0 aliphatic carbocycles. The van der Waals surface area contributed by atoms with Crippen LogP contribution in [0.25, 0.3) is 0 Å². The SMILES string of the molecule is CCN(c1ccccc1)S(F)(F)F. The van der Waals surface area contributed by atoms with Crippen molar-refractivity contribution < 1.29 is 11.7 Å². The number of hydrogen-bond acceptors (Lipinski definition) is 1. The summed E-state index contributed by atoms with van der Waals surface area (Å²) in [4.78, 5) is 0. The van der Waals surface area contributed by atoms with Crippen LogP contribution in [0.3, 0.4) is 0 Å². The Balaban J connectivity index is 2.92. The fraction of sp³-hybridized carbons (Fsp3) is 0.250. The van der Waals surface area contributed by atoms with Crippen LogP contribution in [0.4, 0.5) is 17.3 Å². The molecule has 0 N–H and O–H groups in total. The molecule has 0 amide bonds. The smallest absolute Gasteiger partial charge is 0.261 e. The van der Waals surface area contributed by atoms with Gasteiger partial charge in [0.15, 0.2) is 0 Å². The van der Waals surface area contributed by atoms with Gasteiger partial charge in [0.2, 0.25) is 0 Å². The molecule has 0 aliphatic heterocycles. The van der Waals surface area contributed by atoms with Gasteiger partial charge < -0.3 is 0 Å². The molecule has 0 unspecified atom stereocenters. The Morgan fingerprint density at radius 2 is 1.69 bits per heavy atom. The van der Waals surface area contributed by atoms with Gasteiger partial charge in [-0.2, -0.15) is 0 Å². The van der Waals surface area contributed by atoms with E-state index in [0.717, 1.165) is 0 Å². The van der Waals surface area contributed by atoms with Gasteiger partial charge in [-0.3, -0.25) is 4.31 Å². The van der Waals surface area contributed by atoms with Gasteiger partial charge in [0.1, 0.15) is 0 Å². The normalized spacial score (nSPS) is 12.6. The fourth-order valence-electron chi connectivity index (χ4n) is 1.04. The van der Waals surface area contributed by atoms with E-state index in [2.05, 4.69) is 0 Å². The first-order chi connectivity index (χ1) is 6.05. The van der Waals surface area contributed by atoms with Crippen LogP contribution in [-0.2, 0) is 0 Å². The van der Waals surface area contributed by atoms with E-state index < -0.39 is 11.4 Å². The van der Waals surface area contributed by atoms with Crippen LogP contribution in [0.15, 0.2) is 30.3 Å². The van der Waals surface area contributed by atoms with Crippen LogP contribution >= 0.6 is 11.4 Å². The van der Waals surface area contributed by atoms with Crippen LogP contribution < -0.4 is 4.31 Å². The van der Waals surface area contributed by atoms with Crippen molar-refractivity contribution >= 4 is 17.1 Å². The van der Waals surface area contributed by atoms with Gasteiger partial charge in [-0.15, -0.1) is 11.7 Å². The topological polar surface area (TPSA) is 3.24 Å². The van der Waals surface area contributed by atoms with Crippen LogP contribution in [0, 0.1) is 0 Å². The molecular formula is C8H10F3NS. The number of rotatable bonds is 3. The van der Waals surface area contributed by atoms with Crippen molar-refractivity contribution in [1.29, 1.82) is 0 Å². The second-order valence-electron chi connectivity index (χ2n) is 2.41. The van der Waals surface area contributed by atoms with E-state index >= 15 is 0 Å². The Kier molecular flexibility index (Phi) is 3.08. The summed E-state index contributed by atoms with van der Waals surface area (Å²) in [5, 5.41) is 0. The number of hydrogen-bond donors (Lipinski definition) is 0. The summed E-state index contributed by atoms with van der Waals surface area (Å²) in [7, 11) is 0. The lowest BCUT2D eigenvalue weighted by atomic mass is 10.3. The van der Waals surface area contributed by atoms with Gasteiger partial charge in [0.05, 0.1) is 5.69 Å². The standard InChI is InChI=1S/C8H10F3NS/c1-2-12(13(9,10)11)8-6-4-3-5-7-8/h3-7H,2H2,1H3. The highest BCUT2D eigenvalue weighted by atomic mass is 32.3. The lowest BCUT2D eigenvalue weighted by Gasteiger charge is -2.27.